The summed E-state index contributed by atoms with van der Waals surface area (Å²) in [4.78, 5) is 11.3. The Labute approximate surface area is 89.7 Å². The molecule has 0 spiro atoms. The molecule has 1 amide bonds. The summed E-state index contributed by atoms with van der Waals surface area (Å²) in [6, 6.07) is 10.1. The molecule has 0 heterocycles. The van der Waals surface area contributed by atoms with Crippen LogP contribution in [0, 0.1) is 0 Å². The third-order valence-corrected chi connectivity index (χ3v) is 2.76. The van der Waals surface area contributed by atoms with Crippen molar-refractivity contribution in [3.05, 3.63) is 35.9 Å². The monoisotopic (exact) mass is 204 g/mol. The Balaban J connectivity index is 1.89. The van der Waals surface area contributed by atoms with E-state index < -0.39 is 6.04 Å². The summed E-state index contributed by atoms with van der Waals surface area (Å²) in [7, 11) is 0. The van der Waals surface area contributed by atoms with E-state index in [0.717, 1.165) is 6.42 Å². The van der Waals surface area contributed by atoms with Gasteiger partial charge >= 0.3 is 0 Å². The summed E-state index contributed by atoms with van der Waals surface area (Å²) in [5.41, 5.74) is 6.78. The maximum absolute atomic E-state index is 11.3. The van der Waals surface area contributed by atoms with Crippen LogP contribution in [0.5, 0.6) is 0 Å². The molecule has 3 atom stereocenters. The van der Waals surface area contributed by atoms with Crippen LogP contribution in [0.25, 0.3) is 0 Å². The summed E-state index contributed by atoms with van der Waals surface area (Å²) < 4.78 is 0. The van der Waals surface area contributed by atoms with Crippen LogP contribution in [-0.4, -0.2) is 18.0 Å². The predicted molar refractivity (Wildman–Crippen MR) is 59.4 cm³/mol. The molecule has 1 fully saturated rings. The third-order valence-electron chi connectivity index (χ3n) is 2.76. The number of rotatable bonds is 3. The lowest BCUT2D eigenvalue weighted by atomic mass is 10.1. The molecule has 3 N–H and O–H groups in total. The van der Waals surface area contributed by atoms with E-state index in [1.807, 2.05) is 18.2 Å². The highest BCUT2D eigenvalue weighted by molar-refractivity contribution is 5.81. The molecule has 0 aliphatic heterocycles. The zero-order chi connectivity index (χ0) is 10.8. The average molecular weight is 204 g/mol. The first kappa shape index (κ1) is 10.2. The van der Waals surface area contributed by atoms with Crippen molar-refractivity contribution in [1.82, 2.24) is 5.32 Å². The van der Waals surface area contributed by atoms with Gasteiger partial charge in [-0.15, -0.1) is 0 Å². The fourth-order valence-electron chi connectivity index (χ4n) is 1.74. The van der Waals surface area contributed by atoms with Gasteiger partial charge in [-0.1, -0.05) is 30.3 Å². The van der Waals surface area contributed by atoms with E-state index in [-0.39, 0.29) is 11.9 Å². The normalized spacial score (nSPS) is 25.7. The summed E-state index contributed by atoms with van der Waals surface area (Å²) in [5.74, 6) is 0.423. The van der Waals surface area contributed by atoms with Gasteiger partial charge in [-0.05, 0) is 18.9 Å². The van der Waals surface area contributed by atoms with Crippen LogP contribution in [0.4, 0.5) is 0 Å². The summed E-state index contributed by atoms with van der Waals surface area (Å²) in [6.07, 6.45) is 1.03. The Hall–Kier alpha value is -1.35. The minimum atomic E-state index is -0.415. The molecule has 0 bridgehead atoms. The number of hydrogen-bond donors (Lipinski definition) is 2. The van der Waals surface area contributed by atoms with E-state index in [4.69, 9.17) is 5.73 Å². The molecule has 1 aliphatic carbocycles. The van der Waals surface area contributed by atoms with Gasteiger partial charge < -0.3 is 11.1 Å². The molecule has 1 aromatic carbocycles. The van der Waals surface area contributed by atoms with Crippen LogP contribution in [0.1, 0.15) is 24.8 Å². The van der Waals surface area contributed by atoms with Crippen molar-refractivity contribution >= 4 is 5.91 Å². The van der Waals surface area contributed by atoms with Crippen LogP contribution < -0.4 is 11.1 Å². The number of hydrogen-bond acceptors (Lipinski definition) is 2. The maximum Gasteiger partial charge on any atom is 0.236 e. The molecule has 0 radical (unpaired) electrons. The lowest BCUT2D eigenvalue weighted by molar-refractivity contribution is -0.122. The first-order chi connectivity index (χ1) is 7.18. The van der Waals surface area contributed by atoms with Gasteiger partial charge in [0.15, 0.2) is 0 Å². The SMILES string of the molecule is C[C@@H](N)C(=O)NC1CC1c1ccccc1. The summed E-state index contributed by atoms with van der Waals surface area (Å²) >= 11 is 0. The fourth-order valence-corrected chi connectivity index (χ4v) is 1.74. The summed E-state index contributed by atoms with van der Waals surface area (Å²) in [5, 5.41) is 2.94. The van der Waals surface area contributed by atoms with Gasteiger partial charge in [0.1, 0.15) is 0 Å². The van der Waals surface area contributed by atoms with Crippen molar-refractivity contribution < 1.29 is 4.79 Å². The molecule has 2 rings (SSSR count). The van der Waals surface area contributed by atoms with E-state index in [1.54, 1.807) is 6.92 Å². The van der Waals surface area contributed by atoms with Gasteiger partial charge in [0.05, 0.1) is 6.04 Å². The van der Waals surface area contributed by atoms with Gasteiger partial charge in [-0.3, -0.25) is 4.79 Å². The predicted octanol–water partition coefficient (Wildman–Crippen LogP) is 1.01. The lowest BCUT2D eigenvalue weighted by Gasteiger charge is -2.06. The van der Waals surface area contributed by atoms with Crippen LogP contribution >= 0.6 is 0 Å². The largest absolute Gasteiger partial charge is 0.351 e. The maximum atomic E-state index is 11.3. The molecular weight excluding hydrogens is 188 g/mol. The Kier molecular flexibility index (Phi) is 2.73. The van der Waals surface area contributed by atoms with Crippen molar-refractivity contribution in [2.75, 3.05) is 0 Å². The van der Waals surface area contributed by atoms with Crippen LogP contribution in [0.15, 0.2) is 30.3 Å². The molecule has 1 saturated carbocycles. The second kappa shape index (κ2) is 4.03. The minimum absolute atomic E-state index is 0.0570. The van der Waals surface area contributed by atoms with Gasteiger partial charge in [0, 0.05) is 12.0 Å². The molecule has 15 heavy (non-hydrogen) atoms. The molecule has 2 unspecified atom stereocenters. The van der Waals surface area contributed by atoms with Crippen molar-refractivity contribution in [2.45, 2.75) is 31.3 Å². The molecule has 80 valence electrons. The van der Waals surface area contributed by atoms with Crippen molar-refractivity contribution in [2.24, 2.45) is 5.73 Å². The lowest BCUT2D eigenvalue weighted by Crippen LogP contribution is -2.39. The number of amides is 1. The van der Waals surface area contributed by atoms with Crippen molar-refractivity contribution in [3.63, 3.8) is 0 Å². The average Bonchev–Trinajstić information content (AvgIpc) is 2.98. The molecule has 0 aromatic heterocycles. The molecule has 1 aliphatic rings. The van der Waals surface area contributed by atoms with Crippen LogP contribution in [0.2, 0.25) is 0 Å². The van der Waals surface area contributed by atoms with Crippen LogP contribution in [-0.2, 0) is 4.79 Å². The Morgan fingerprint density at radius 3 is 2.73 bits per heavy atom. The van der Waals surface area contributed by atoms with Gasteiger partial charge in [0.25, 0.3) is 0 Å². The minimum Gasteiger partial charge on any atom is -0.351 e. The second-order valence-corrected chi connectivity index (χ2v) is 4.16. The van der Waals surface area contributed by atoms with E-state index in [9.17, 15) is 4.79 Å². The quantitative estimate of drug-likeness (QED) is 0.772. The topological polar surface area (TPSA) is 55.1 Å². The Morgan fingerprint density at radius 2 is 2.13 bits per heavy atom. The number of carbonyl (C=O) groups excluding carboxylic acids is 1. The molecule has 0 saturated heterocycles. The molecule has 3 heteroatoms. The van der Waals surface area contributed by atoms with Gasteiger partial charge in [0.2, 0.25) is 5.91 Å². The number of nitrogens with two attached hydrogens (primary N) is 1. The molecule has 1 aromatic rings. The molecule has 3 nitrogen and oxygen atoms in total. The number of nitrogens with one attached hydrogen (secondary N) is 1. The van der Waals surface area contributed by atoms with Gasteiger partial charge in [-0.25, -0.2) is 0 Å². The van der Waals surface area contributed by atoms with E-state index in [2.05, 4.69) is 17.4 Å². The van der Waals surface area contributed by atoms with Crippen molar-refractivity contribution in [1.29, 1.82) is 0 Å². The summed E-state index contributed by atoms with van der Waals surface area (Å²) in [6.45, 7) is 1.70. The Morgan fingerprint density at radius 1 is 1.47 bits per heavy atom. The zero-order valence-corrected chi connectivity index (χ0v) is 8.81. The van der Waals surface area contributed by atoms with E-state index in [1.165, 1.54) is 5.56 Å². The highest BCUT2D eigenvalue weighted by atomic mass is 16.2. The van der Waals surface area contributed by atoms with Crippen molar-refractivity contribution in [3.8, 4) is 0 Å². The standard InChI is InChI=1S/C12H16N2O/c1-8(13)12(15)14-11-7-10(11)9-5-3-2-4-6-9/h2-6,8,10-11H,7,13H2,1H3,(H,14,15)/t8-,10?,11?/m1/s1. The molecular formula is C12H16N2O. The van der Waals surface area contributed by atoms with E-state index >= 15 is 0 Å². The fraction of sp³-hybridized carbons (Fsp3) is 0.417. The number of benzene rings is 1. The third kappa shape index (κ3) is 2.36. The number of carbonyl (C=O) groups is 1. The highest BCUT2D eigenvalue weighted by Crippen LogP contribution is 2.40. The smallest absolute Gasteiger partial charge is 0.236 e. The zero-order valence-electron chi connectivity index (χ0n) is 8.81. The Bertz CT molecular complexity index is 348. The second-order valence-electron chi connectivity index (χ2n) is 4.16. The van der Waals surface area contributed by atoms with E-state index in [0.29, 0.717) is 5.92 Å². The van der Waals surface area contributed by atoms with Gasteiger partial charge in [-0.2, -0.15) is 0 Å². The first-order valence-corrected chi connectivity index (χ1v) is 5.29. The highest BCUT2D eigenvalue weighted by Gasteiger charge is 2.39. The first-order valence-electron chi connectivity index (χ1n) is 5.29. The van der Waals surface area contributed by atoms with Crippen LogP contribution in [0.3, 0.4) is 0 Å².